The number of ether oxygens (including phenoxy) is 5. The average Bonchev–Trinajstić information content (AvgIpc) is 3.02. The van der Waals surface area contributed by atoms with Crippen LogP contribution in [-0.2, 0) is 14.2 Å². The summed E-state index contributed by atoms with van der Waals surface area (Å²) >= 11 is 0. The molecule has 238 valence electrons. The summed E-state index contributed by atoms with van der Waals surface area (Å²) < 4.78 is 67.8. The van der Waals surface area contributed by atoms with E-state index in [9.17, 15) is 22.8 Å². The van der Waals surface area contributed by atoms with Gasteiger partial charge >= 0.3 is 18.1 Å². The van der Waals surface area contributed by atoms with Crippen molar-refractivity contribution in [1.82, 2.24) is 0 Å². The number of carbonyl (C=O) groups is 2. The van der Waals surface area contributed by atoms with Crippen LogP contribution in [0.1, 0.15) is 66.2 Å². The third-order valence-electron chi connectivity index (χ3n) is 6.69. The number of rotatable bonds is 18. The Hall–Kier alpha value is -3.89. The summed E-state index contributed by atoms with van der Waals surface area (Å²) in [5.74, 6) is -1.79. The van der Waals surface area contributed by atoms with Crippen molar-refractivity contribution >= 4 is 11.9 Å². The number of halogens is 3. The van der Waals surface area contributed by atoms with Gasteiger partial charge in [0.2, 0.25) is 0 Å². The van der Waals surface area contributed by atoms with Gasteiger partial charge in [-0.3, -0.25) is 0 Å². The molecular formula is C34H39F3O7. The second-order valence-corrected chi connectivity index (χ2v) is 9.99. The molecule has 0 aromatic heterocycles. The maximum Gasteiger partial charge on any atom is 0.425 e. The summed E-state index contributed by atoms with van der Waals surface area (Å²) in [5.41, 5.74) is 1.51. The van der Waals surface area contributed by atoms with E-state index < -0.39 is 24.2 Å². The topological polar surface area (TPSA) is 80.3 Å². The zero-order chi connectivity index (χ0) is 31.8. The maximum atomic E-state index is 13.7. The van der Waals surface area contributed by atoms with Crippen LogP contribution in [0.15, 0.2) is 72.8 Å². The van der Waals surface area contributed by atoms with Gasteiger partial charge in [0.15, 0.2) is 6.10 Å². The van der Waals surface area contributed by atoms with E-state index in [-0.39, 0.29) is 29.7 Å². The summed E-state index contributed by atoms with van der Waals surface area (Å²) in [4.78, 5) is 26.1. The van der Waals surface area contributed by atoms with Crippen LogP contribution in [0.2, 0.25) is 0 Å². The van der Waals surface area contributed by atoms with Crippen molar-refractivity contribution in [1.29, 1.82) is 0 Å². The first kappa shape index (κ1) is 34.6. The van der Waals surface area contributed by atoms with Crippen molar-refractivity contribution in [3.8, 4) is 22.6 Å². The van der Waals surface area contributed by atoms with Gasteiger partial charge in [0, 0.05) is 32.5 Å². The predicted octanol–water partition coefficient (Wildman–Crippen LogP) is 8.06. The second-order valence-electron chi connectivity index (χ2n) is 9.99. The first-order valence-corrected chi connectivity index (χ1v) is 14.7. The normalized spacial score (nSPS) is 12.0. The number of alkyl halides is 3. The minimum absolute atomic E-state index is 0.139. The van der Waals surface area contributed by atoms with E-state index in [1.54, 1.807) is 25.3 Å². The molecule has 0 heterocycles. The van der Waals surface area contributed by atoms with Gasteiger partial charge < -0.3 is 23.7 Å². The van der Waals surface area contributed by atoms with Crippen LogP contribution in [0.3, 0.4) is 0 Å². The fourth-order valence-corrected chi connectivity index (χ4v) is 4.38. The van der Waals surface area contributed by atoms with Crippen LogP contribution in [0.4, 0.5) is 13.2 Å². The SMILES string of the molecule is CCOCCCCCC(OC(=O)c1ccccc1OC(=O)c1ccc(-c2ccccc2)c(OCCCCOC)c1)C(F)(F)F. The Morgan fingerprint density at radius 3 is 2.20 bits per heavy atom. The number of para-hydroxylation sites is 1. The van der Waals surface area contributed by atoms with Crippen molar-refractivity contribution < 1.29 is 46.4 Å². The molecule has 0 amide bonds. The monoisotopic (exact) mass is 616 g/mol. The molecule has 0 saturated carbocycles. The zero-order valence-corrected chi connectivity index (χ0v) is 25.1. The molecule has 7 nitrogen and oxygen atoms in total. The van der Waals surface area contributed by atoms with Crippen molar-refractivity contribution in [2.75, 3.05) is 33.5 Å². The molecule has 0 aliphatic rings. The maximum absolute atomic E-state index is 13.7. The number of hydrogen-bond donors (Lipinski definition) is 0. The number of hydrogen-bond acceptors (Lipinski definition) is 7. The highest BCUT2D eigenvalue weighted by atomic mass is 19.4. The van der Waals surface area contributed by atoms with Crippen LogP contribution >= 0.6 is 0 Å². The van der Waals surface area contributed by atoms with Crippen molar-refractivity contribution in [2.24, 2.45) is 0 Å². The number of benzene rings is 3. The molecule has 3 aromatic carbocycles. The molecule has 0 aliphatic carbocycles. The molecule has 1 atom stereocenters. The van der Waals surface area contributed by atoms with Crippen LogP contribution in [-0.4, -0.2) is 57.8 Å². The Balaban J connectivity index is 1.74. The van der Waals surface area contributed by atoms with E-state index in [2.05, 4.69) is 0 Å². The molecule has 0 N–H and O–H groups in total. The highest BCUT2D eigenvalue weighted by Crippen LogP contribution is 2.33. The summed E-state index contributed by atoms with van der Waals surface area (Å²) in [6.07, 6.45) is -4.57. The standard InChI is InChI=1S/C34H39F3O7/c1-3-41-22-11-5-8-18-31(34(35,36)37)44-33(39)28-16-9-10-17-29(28)43-32(38)26-19-20-27(25-14-6-4-7-15-25)30(24-26)42-23-13-12-21-40-2/h4,6-7,9-10,14-17,19-20,24,31H,3,5,8,11-13,18,21-23H2,1-2H3. The van der Waals surface area contributed by atoms with Gasteiger partial charge in [0.25, 0.3) is 0 Å². The van der Waals surface area contributed by atoms with E-state index in [1.807, 2.05) is 37.3 Å². The Labute approximate surface area is 256 Å². The minimum Gasteiger partial charge on any atom is -0.493 e. The quantitative estimate of drug-likeness (QED) is 0.0813. The third kappa shape index (κ3) is 11.0. The van der Waals surface area contributed by atoms with Gasteiger partial charge in [0.05, 0.1) is 12.2 Å². The second kappa shape index (κ2) is 18.0. The molecule has 0 fully saturated rings. The highest BCUT2D eigenvalue weighted by molar-refractivity contribution is 5.97. The minimum atomic E-state index is -4.75. The molecule has 0 bridgehead atoms. The zero-order valence-electron chi connectivity index (χ0n) is 25.1. The molecular weight excluding hydrogens is 577 g/mol. The van der Waals surface area contributed by atoms with E-state index in [0.717, 1.165) is 24.0 Å². The number of methoxy groups -OCH3 is 1. The molecule has 0 radical (unpaired) electrons. The van der Waals surface area contributed by atoms with Crippen molar-refractivity contribution in [3.63, 3.8) is 0 Å². The van der Waals surface area contributed by atoms with E-state index >= 15 is 0 Å². The molecule has 3 rings (SSSR count). The molecule has 1 unspecified atom stereocenters. The Bertz CT molecular complexity index is 1310. The largest absolute Gasteiger partial charge is 0.493 e. The van der Waals surface area contributed by atoms with Crippen LogP contribution in [0.5, 0.6) is 11.5 Å². The molecule has 44 heavy (non-hydrogen) atoms. The molecule has 0 saturated heterocycles. The van der Waals surface area contributed by atoms with Crippen LogP contribution < -0.4 is 9.47 Å². The molecule has 10 heteroatoms. The van der Waals surface area contributed by atoms with E-state index in [1.165, 1.54) is 24.3 Å². The lowest BCUT2D eigenvalue weighted by atomic mass is 10.0. The van der Waals surface area contributed by atoms with Crippen LogP contribution in [0.25, 0.3) is 11.1 Å². The number of esters is 2. The van der Waals surface area contributed by atoms with Crippen molar-refractivity contribution in [3.05, 3.63) is 83.9 Å². The van der Waals surface area contributed by atoms with Gasteiger partial charge in [-0.2, -0.15) is 13.2 Å². The average molecular weight is 617 g/mol. The molecule has 0 spiro atoms. The lowest BCUT2D eigenvalue weighted by Crippen LogP contribution is -2.34. The van der Waals surface area contributed by atoms with E-state index in [4.69, 9.17) is 23.7 Å². The summed E-state index contributed by atoms with van der Waals surface area (Å²) in [5, 5.41) is 0. The van der Waals surface area contributed by atoms with E-state index in [0.29, 0.717) is 45.0 Å². The Morgan fingerprint density at radius 1 is 0.773 bits per heavy atom. The smallest absolute Gasteiger partial charge is 0.425 e. The van der Waals surface area contributed by atoms with Crippen LogP contribution in [0, 0.1) is 0 Å². The van der Waals surface area contributed by atoms with Gasteiger partial charge in [-0.25, -0.2) is 9.59 Å². The molecule has 0 aliphatic heterocycles. The summed E-state index contributed by atoms with van der Waals surface area (Å²) in [7, 11) is 1.63. The van der Waals surface area contributed by atoms with Gasteiger partial charge in [-0.05, 0) is 74.9 Å². The summed E-state index contributed by atoms with van der Waals surface area (Å²) in [6, 6.07) is 19.9. The number of unbranched alkanes of at least 4 members (excludes halogenated alkanes) is 3. The fourth-order valence-electron chi connectivity index (χ4n) is 4.38. The van der Waals surface area contributed by atoms with Crippen molar-refractivity contribution in [2.45, 2.75) is 57.7 Å². The Kier molecular flexibility index (Phi) is 14.2. The fraction of sp³-hybridized carbons (Fsp3) is 0.412. The summed E-state index contributed by atoms with van der Waals surface area (Å²) in [6.45, 7) is 3.83. The van der Waals surface area contributed by atoms with Gasteiger partial charge in [-0.15, -0.1) is 0 Å². The lowest BCUT2D eigenvalue weighted by molar-refractivity contribution is -0.206. The van der Waals surface area contributed by atoms with Gasteiger partial charge in [-0.1, -0.05) is 48.9 Å². The first-order chi connectivity index (χ1) is 21.2. The predicted molar refractivity (Wildman–Crippen MR) is 160 cm³/mol. The Morgan fingerprint density at radius 2 is 1.48 bits per heavy atom. The molecule has 3 aromatic rings. The van der Waals surface area contributed by atoms with Gasteiger partial charge in [0.1, 0.15) is 17.1 Å². The lowest BCUT2D eigenvalue weighted by Gasteiger charge is -2.21. The highest BCUT2D eigenvalue weighted by Gasteiger charge is 2.42. The third-order valence-corrected chi connectivity index (χ3v) is 6.69. The first-order valence-electron chi connectivity index (χ1n) is 14.7. The number of carbonyl (C=O) groups excluding carboxylic acids is 2.